The summed E-state index contributed by atoms with van der Waals surface area (Å²) in [5.41, 5.74) is 6.57. The SMILES string of the molecule is CC(=O)Nc1cccc(C(=O)NCCCCCN)c1. The van der Waals surface area contributed by atoms with Crippen LogP contribution in [0.2, 0.25) is 0 Å². The predicted octanol–water partition coefficient (Wildman–Crippen LogP) is 1.50. The van der Waals surface area contributed by atoms with Crippen LogP contribution in [0.1, 0.15) is 36.5 Å². The molecule has 0 fully saturated rings. The minimum Gasteiger partial charge on any atom is -0.352 e. The fourth-order valence-electron chi connectivity index (χ4n) is 1.69. The van der Waals surface area contributed by atoms with Crippen LogP contribution in [-0.2, 0) is 4.79 Å². The van der Waals surface area contributed by atoms with E-state index in [1.807, 2.05) is 0 Å². The van der Waals surface area contributed by atoms with E-state index in [1.165, 1.54) is 6.92 Å². The highest BCUT2D eigenvalue weighted by Gasteiger charge is 2.05. The molecule has 0 saturated heterocycles. The molecule has 0 radical (unpaired) electrons. The van der Waals surface area contributed by atoms with E-state index in [-0.39, 0.29) is 11.8 Å². The topological polar surface area (TPSA) is 84.2 Å². The summed E-state index contributed by atoms with van der Waals surface area (Å²) in [5.74, 6) is -0.278. The highest BCUT2D eigenvalue weighted by molar-refractivity contribution is 5.96. The lowest BCUT2D eigenvalue weighted by Gasteiger charge is -2.07. The second kappa shape index (κ2) is 8.26. The average Bonchev–Trinajstić information content (AvgIpc) is 2.38. The van der Waals surface area contributed by atoms with Gasteiger partial charge in [0.2, 0.25) is 5.91 Å². The number of amides is 2. The van der Waals surface area contributed by atoms with Gasteiger partial charge in [-0.25, -0.2) is 0 Å². The van der Waals surface area contributed by atoms with Crippen LogP contribution in [0.4, 0.5) is 5.69 Å². The van der Waals surface area contributed by atoms with E-state index in [0.717, 1.165) is 19.3 Å². The van der Waals surface area contributed by atoms with Crippen molar-refractivity contribution in [3.05, 3.63) is 29.8 Å². The molecule has 0 unspecified atom stereocenters. The number of hydrogen-bond donors (Lipinski definition) is 3. The summed E-state index contributed by atoms with van der Waals surface area (Å²) in [6, 6.07) is 6.88. The van der Waals surface area contributed by atoms with Crippen LogP contribution < -0.4 is 16.4 Å². The van der Waals surface area contributed by atoms with E-state index in [0.29, 0.717) is 24.3 Å². The highest BCUT2D eigenvalue weighted by Crippen LogP contribution is 2.10. The van der Waals surface area contributed by atoms with Gasteiger partial charge in [-0.05, 0) is 37.6 Å². The third-order valence-corrected chi connectivity index (χ3v) is 2.61. The Labute approximate surface area is 113 Å². The molecule has 5 heteroatoms. The molecule has 104 valence electrons. The van der Waals surface area contributed by atoms with Crippen LogP contribution >= 0.6 is 0 Å². The first-order chi connectivity index (χ1) is 9.13. The Morgan fingerprint density at radius 2 is 2.00 bits per heavy atom. The summed E-state index contributed by atoms with van der Waals surface area (Å²) < 4.78 is 0. The number of anilines is 1. The quantitative estimate of drug-likeness (QED) is 0.652. The number of carbonyl (C=O) groups is 2. The Kier molecular flexibility index (Phi) is 6.60. The Hall–Kier alpha value is -1.88. The van der Waals surface area contributed by atoms with Crippen molar-refractivity contribution in [2.45, 2.75) is 26.2 Å². The van der Waals surface area contributed by atoms with Gasteiger partial charge in [-0.2, -0.15) is 0 Å². The lowest BCUT2D eigenvalue weighted by atomic mass is 10.2. The van der Waals surface area contributed by atoms with Crippen LogP contribution in [0.15, 0.2) is 24.3 Å². The first kappa shape index (κ1) is 15.2. The fourth-order valence-corrected chi connectivity index (χ4v) is 1.69. The first-order valence-corrected chi connectivity index (χ1v) is 6.49. The fraction of sp³-hybridized carbons (Fsp3) is 0.429. The van der Waals surface area contributed by atoms with Crippen molar-refractivity contribution in [3.8, 4) is 0 Å². The normalized spacial score (nSPS) is 10.0. The molecule has 19 heavy (non-hydrogen) atoms. The van der Waals surface area contributed by atoms with Crippen molar-refractivity contribution < 1.29 is 9.59 Å². The van der Waals surface area contributed by atoms with E-state index >= 15 is 0 Å². The van der Waals surface area contributed by atoms with Crippen molar-refractivity contribution in [3.63, 3.8) is 0 Å². The van der Waals surface area contributed by atoms with Gasteiger partial charge < -0.3 is 16.4 Å². The van der Waals surface area contributed by atoms with Crippen molar-refractivity contribution in [2.75, 3.05) is 18.4 Å². The van der Waals surface area contributed by atoms with Crippen LogP contribution in [0.25, 0.3) is 0 Å². The summed E-state index contributed by atoms with van der Waals surface area (Å²) >= 11 is 0. The Morgan fingerprint density at radius 3 is 2.68 bits per heavy atom. The molecule has 0 spiro atoms. The molecule has 1 rings (SSSR count). The van der Waals surface area contributed by atoms with Crippen LogP contribution in [-0.4, -0.2) is 24.9 Å². The van der Waals surface area contributed by atoms with Gasteiger partial charge in [-0.1, -0.05) is 12.5 Å². The van der Waals surface area contributed by atoms with E-state index in [9.17, 15) is 9.59 Å². The van der Waals surface area contributed by atoms with Gasteiger partial charge in [0, 0.05) is 24.7 Å². The largest absolute Gasteiger partial charge is 0.352 e. The molecule has 1 aromatic rings. The van der Waals surface area contributed by atoms with E-state index in [1.54, 1.807) is 24.3 Å². The second-order valence-electron chi connectivity index (χ2n) is 4.37. The molecule has 1 aromatic carbocycles. The van der Waals surface area contributed by atoms with Gasteiger partial charge in [0.05, 0.1) is 0 Å². The molecule has 0 heterocycles. The first-order valence-electron chi connectivity index (χ1n) is 6.49. The van der Waals surface area contributed by atoms with Gasteiger partial charge in [0.15, 0.2) is 0 Å². The zero-order valence-corrected chi connectivity index (χ0v) is 11.2. The van der Waals surface area contributed by atoms with Crippen LogP contribution in [0.5, 0.6) is 0 Å². The zero-order valence-electron chi connectivity index (χ0n) is 11.2. The van der Waals surface area contributed by atoms with E-state index in [4.69, 9.17) is 5.73 Å². The molecule has 0 atom stereocenters. The average molecular weight is 263 g/mol. The maximum absolute atomic E-state index is 11.9. The molecule has 0 saturated carbocycles. The summed E-state index contributed by atoms with van der Waals surface area (Å²) in [6.07, 6.45) is 2.92. The molecule has 2 amide bonds. The Bertz CT molecular complexity index is 432. The molecule has 0 bridgehead atoms. The minimum absolute atomic E-state index is 0.125. The lowest BCUT2D eigenvalue weighted by molar-refractivity contribution is -0.114. The van der Waals surface area contributed by atoms with Gasteiger partial charge in [0.25, 0.3) is 5.91 Å². The van der Waals surface area contributed by atoms with Crippen molar-refractivity contribution in [2.24, 2.45) is 5.73 Å². The number of carbonyl (C=O) groups excluding carboxylic acids is 2. The molecule has 4 N–H and O–H groups in total. The summed E-state index contributed by atoms with van der Waals surface area (Å²) in [7, 11) is 0. The molecular weight excluding hydrogens is 242 g/mol. The molecule has 5 nitrogen and oxygen atoms in total. The van der Waals surface area contributed by atoms with Crippen molar-refractivity contribution in [1.82, 2.24) is 5.32 Å². The summed E-state index contributed by atoms with van der Waals surface area (Å²) in [4.78, 5) is 22.8. The molecular formula is C14H21N3O2. The van der Waals surface area contributed by atoms with E-state index in [2.05, 4.69) is 10.6 Å². The molecule has 0 aliphatic carbocycles. The third-order valence-electron chi connectivity index (χ3n) is 2.61. The smallest absolute Gasteiger partial charge is 0.251 e. The molecule has 0 aromatic heterocycles. The van der Waals surface area contributed by atoms with Gasteiger partial charge in [-0.3, -0.25) is 9.59 Å². The standard InChI is InChI=1S/C14H21N3O2/c1-11(18)17-13-7-5-6-12(10-13)14(19)16-9-4-2-3-8-15/h5-7,10H,2-4,8-9,15H2,1H3,(H,16,19)(H,17,18). The maximum atomic E-state index is 11.9. The van der Waals surface area contributed by atoms with Crippen LogP contribution in [0, 0.1) is 0 Å². The van der Waals surface area contributed by atoms with Crippen molar-refractivity contribution in [1.29, 1.82) is 0 Å². The summed E-state index contributed by atoms with van der Waals surface area (Å²) in [6.45, 7) is 2.76. The number of nitrogens with two attached hydrogens (primary N) is 1. The number of rotatable bonds is 7. The lowest BCUT2D eigenvalue weighted by Crippen LogP contribution is -2.24. The maximum Gasteiger partial charge on any atom is 0.251 e. The highest BCUT2D eigenvalue weighted by atomic mass is 16.2. The number of hydrogen-bond acceptors (Lipinski definition) is 3. The van der Waals surface area contributed by atoms with Gasteiger partial charge in [-0.15, -0.1) is 0 Å². The van der Waals surface area contributed by atoms with E-state index < -0.39 is 0 Å². The molecule has 0 aliphatic rings. The number of unbranched alkanes of at least 4 members (excludes halogenated alkanes) is 2. The van der Waals surface area contributed by atoms with Crippen molar-refractivity contribution >= 4 is 17.5 Å². The Morgan fingerprint density at radius 1 is 1.21 bits per heavy atom. The Balaban J connectivity index is 2.45. The zero-order chi connectivity index (χ0) is 14.1. The second-order valence-corrected chi connectivity index (χ2v) is 4.37. The predicted molar refractivity (Wildman–Crippen MR) is 76.0 cm³/mol. The van der Waals surface area contributed by atoms with Crippen LogP contribution in [0.3, 0.4) is 0 Å². The third kappa shape index (κ3) is 6.01. The molecule has 0 aliphatic heterocycles. The van der Waals surface area contributed by atoms with Gasteiger partial charge in [0.1, 0.15) is 0 Å². The number of nitrogens with one attached hydrogen (secondary N) is 2. The minimum atomic E-state index is -0.153. The number of benzene rings is 1. The summed E-state index contributed by atoms with van der Waals surface area (Å²) in [5, 5.41) is 5.50. The monoisotopic (exact) mass is 263 g/mol. The van der Waals surface area contributed by atoms with Gasteiger partial charge >= 0.3 is 0 Å².